The number of fused-ring (bicyclic) bond motifs is 1. The lowest BCUT2D eigenvalue weighted by molar-refractivity contribution is -0.122. The molecule has 1 fully saturated rings. The second-order valence-electron chi connectivity index (χ2n) is 6.96. The maximum atomic E-state index is 12.9. The van der Waals surface area contributed by atoms with E-state index in [4.69, 9.17) is 4.74 Å². The molecule has 4 amide bonds. The van der Waals surface area contributed by atoms with Crippen molar-refractivity contribution < 1.29 is 19.1 Å². The van der Waals surface area contributed by atoms with Gasteiger partial charge < -0.3 is 15.0 Å². The van der Waals surface area contributed by atoms with E-state index in [1.165, 1.54) is 12.0 Å². The highest BCUT2D eigenvalue weighted by atomic mass is 16.5. The third kappa shape index (κ3) is 3.43. The number of carbonyl (C=O) groups excluding carboxylic acids is 3. The molecule has 2 aliphatic rings. The number of nitrogens with zero attached hydrogens (tertiary/aromatic N) is 3. The molecule has 0 spiro atoms. The molecule has 30 heavy (non-hydrogen) atoms. The number of amides is 4. The smallest absolute Gasteiger partial charge is 0.323 e. The minimum atomic E-state index is -1.57. The zero-order chi connectivity index (χ0) is 21.3. The normalized spacial score (nSPS) is 19.7. The van der Waals surface area contributed by atoms with Crippen LogP contribution in [0.4, 0.5) is 4.79 Å². The van der Waals surface area contributed by atoms with Gasteiger partial charge in [0.2, 0.25) is 5.54 Å². The first kappa shape index (κ1) is 19.4. The molecule has 9 nitrogen and oxygen atoms in total. The lowest BCUT2D eigenvalue weighted by Crippen LogP contribution is -2.54. The molecule has 0 saturated carbocycles. The summed E-state index contributed by atoms with van der Waals surface area (Å²) < 4.78 is 5.19. The highest BCUT2D eigenvalue weighted by Crippen LogP contribution is 2.28. The Morgan fingerprint density at radius 1 is 1.27 bits per heavy atom. The van der Waals surface area contributed by atoms with Crippen LogP contribution in [0.3, 0.4) is 0 Å². The molecule has 0 aliphatic carbocycles. The number of hydrogen-bond acceptors (Lipinski definition) is 6. The standard InChI is InChI=1S/C21H19N5O4/c1-3-17-22-9-7-14(23-17)6-8-21(19(28)24-20(29)25-21)12-26-11-13-4-5-15(30-2)10-16(13)18(26)27/h4-5,7,9-10H,3,11-12H2,1-2H3,(H2,24,25,28,29). The summed E-state index contributed by atoms with van der Waals surface area (Å²) in [5, 5.41) is 4.79. The molecule has 1 aromatic carbocycles. The van der Waals surface area contributed by atoms with Gasteiger partial charge in [0.25, 0.3) is 11.8 Å². The number of imide groups is 1. The van der Waals surface area contributed by atoms with Crippen LogP contribution in [0.2, 0.25) is 0 Å². The highest BCUT2D eigenvalue weighted by Gasteiger charge is 2.48. The fourth-order valence-corrected chi connectivity index (χ4v) is 3.42. The molecule has 152 valence electrons. The molecule has 1 saturated heterocycles. The molecule has 3 heterocycles. The summed E-state index contributed by atoms with van der Waals surface area (Å²) in [5.74, 6) is 6.01. The van der Waals surface area contributed by atoms with Gasteiger partial charge in [0, 0.05) is 24.7 Å². The first-order chi connectivity index (χ1) is 14.4. The predicted octanol–water partition coefficient (Wildman–Crippen LogP) is 0.633. The number of urea groups is 1. The number of nitrogens with one attached hydrogen (secondary N) is 2. The van der Waals surface area contributed by atoms with Crippen LogP contribution in [-0.4, -0.2) is 51.9 Å². The van der Waals surface area contributed by atoms with Crippen molar-refractivity contribution in [3.63, 3.8) is 0 Å². The molecule has 0 radical (unpaired) electrons. The molecule has 2 aliphatic heterocycles. The van der Waals surface area contributed by atoms with Gasteiger partial charge in [0.05, 0.1) is 13.7 Å². The van der Waals surface area contributed by atoms with Crippen molar-refractivity contribution in [1.82, 2.24) is 25.5 Å². The van der Waals surface area contributed by atoms with Crippen molar-refractivity contribution in [2.24, 2.45) is 0 Å². The van der Waals surface area contributed by atoms with Crippen molar-refractivity contribution in [1.29, 1.82) is 0 Å². The van der Waals surface area contributed by atoms with Gasteiger partial charge in [-0.05, 0) is 29.7 Å². The topological polar surface area (TPSA) is 114 Å². The number of carbonyl (C=O) groups is 3. The molecular formula is C21H19N5O4. The van der Waals surface area contributed by atoms with Gasteiger partial charge in [-0.25, -0.2) is 14.8 Å². The summed E-state index contributed by atoms with van der Waals surface area (Å²) in [6.45, 7) is 2.13. The third-order valence-electron chi connectivity index (χ3n) is 4.99. The van der Waals surface area contributed by atoms with Gasteiger partial charge >= 0.3 is 6.03 Å². The van der Waals surface area contributed by atoms with Gasteiger partial charge in [0.1, 0.15) is 17.3 Å². The van der Waals surface area contributed by atoms with Crippen LogP contribution in [0.15, 0.2) is 30.5 Å². The summed E-state index contributed by atoms with van der Waals surface area (Å²) in [6, 6.07) is 6.21. The third-order valence-corrected chi connectivity index (χ3v) is 4.99. The molecule has 4 rings (SSSR count). The van der Waals surface area contributed by atoms with Crippen LogP contribution in [0, 0.1) is 11.8 Å². The maximum Gasteiger partial charge on any atom is 0.323 e. The van der Waals surface area contributed by atoms with Gasteiger partial charge in [0.15, 0.2) is 0 Å². The maximum absolute atomic E-state index is 12.9. The van der Waals surface area contributed by atoms with E-state index in [-0.39, 0.29) is 12.5 Å². The number of aromatic nitrogens is 2. The number of methoxy groups -OCH3 is 1. The second kappa shape index (κ2) is 7.48. The van der Waals surface area contributed by atoms with Gasteiger partial charge in [-0.2, -0.15) is 0 Å². The Kier molecular flexibility index (Phi) is 4.83. The van der Waals surface area contributed by atoms with Crippen molar-refractivity contribution in [2.45, 2.75) is 25.4 Å². The first-order valence-electron chi connectivity index (χ1n) is 9.39. The minimum absolute atomic E-state index is 0.0981. The average molecular weight is 405 g/mol. The zero-order valence-electron chi connectivity index (χ0n) is 16.5. The predicted molar refractivity (Wildman–Crippen MR) is 105 cm³/mol. The summed E-state index contributed by atoms with van der Waals surface area (Å²) in [7, 11) is 1.53. The van der Waals surface area contributed by atoms with Gasteiger partial charge in [-0.15, -0.1) is 0 Å². The Labute approximate surface area is 172 Å². The van der Waals surface area contributed by atoms with Crippen molar-refractivity contribution in [3.05, 3.63) is 53.1 Å². The van der Waals surface area contributed by atoms with E-state index in [0.717, 1.165) is 5.56 Å². The highest BCUT2D eigenvalue weighted by molar-refractivity contribution is 6.10. The first-order valence-corrected chi connectivity index (χ1v) is 9.39. The number of ether oxygens (including phenoxy) is 1. The largest absolute Gasteiger partial charge is 0.497 e. The number of rotatable bonds is 4. The van der Waals surface area contributed by atoms with E-state index in [9.17, 15) is 14.4 Å². The van der Waals surface area contributed by atoms with E-state index in [2.05, 4.69) is 32.4 Å². The summed E-state index contributed by atoms with van der Waals surface area (Å²) in [5.41, 5.74) is 0.175. The van der Waals surface area contributed by atoms with Gasteiger partial charge in [-0.1, -0.05) is 18.9 Å². The molecule has 9 heteroatoms. The van der Waals surface area contributed by atoms with Crippen LogP contribution in [-0.2, 0) is 17.8 Å². The van der Waals surface area contributed by atoms with E-state index in [1.54, 1.807) is 24.4 Å². The van der Waals surface area contributed by atoms with Crippen LogP contribution < -0.4 is 15.4 Å². The Balaban J connectivity index is 1.65. The Hall–Kier alpha value is -3.93. The Morgan fingerprint density at radius 2 is 2.10 bits per heavy atom. The van der Waals surface area contributed by atoms with Gasteiger partial charge in [-0.3, -0.25) is 14.9 Å². The number of aryl methyl sites for hydroxylation is 1. The molecular weight excluding hydrogens is 386 g/mol. The monoisotopic (exact) mass is 405 g/mol. The van der Waals surface area contributed by atoms with E-state index in [0.29, 0.717) is 35.8 Å². The fraction of sp³-hybridized carbons (Fsp3) is 0.286. The molecule has 2 N–H and O–H groups in total. The van der Waals surface area contributed by atoms with Crippen LogP contribution in [0.1, 0.15) is 34.4 Å². The number of hydrogen-bond donors (Lipinski definition) is 2. The summed E-state index contributed by atoms with van der Waals surface area (Å²) in [4.78, 5) is 47.3. The molecule has 1 atom stereocenters. The zero-order valence-corrected chi connectivity index (χ0v) is 16.5. The van der Waals surface area contributed by atoms with Crippen molar-refractivity contribution in [3.8, 4) is 17.6 Å². The fourth-order valence-electron chi connectivity index (χ4n) is 3.42. The van der Waals surface area contributed by atoms with Crippen molar-refractivity contribution >= 4 is 17.8 Å². The second-order valence-corrected chi connectivity index (χ2v) is 6.96. The SMILES string of the molecule is CCc1nccc(C#CC2(CN3Cc4ccc(OC)cc4C3=O)NC(=O)NC2=O)n1. The molecule has 1 aromatic heterocycles. The van der Waals surface area contributed by atoms with E-state index >= 15 is 0 Å². The number of benzene rings is 1. The van der Waals surface area contributed by atoms with Crippen LogP contribution in [0.5, 0.6) is 5.75 Å². The lowest BCUT2D eigenvalue weighted by Gasteiger charge is -2.26. The van der Waals surface area contributed by atoms with E-state index < -0.39 is 17.5 Å². The minimum Gasteiger partial charge on any atom is -0.497 e. The van der Waals surface area contributed by atoms with Crippen LogP contribution in [0.25, 0.3) is 0 Å². The Morgan fingerprint density at radius 3 is 2.80 bits per heavy atom. The molecule has 2 aromatic rings. The summed E-state index contributed by atoms with van der Waals surface area (Å²) >= 11 is 0. The quantitative estimate of drug-likeness (QED) is 0.570. The Bertz CT molecular complexity index is 1120. The molecule has 1 unspecified atom stereocenters. The van der Waals surface area contributed by atoms with Crippen molar-refractivity contribution in [2.75, 3.05) is 13.7 Å². The average Bonchev–Trinajstić information content (AvgIpc) is 3.21. The van der Waals surface area contributed by atoms with Crippen LogP contribution >= 0.6 is 0 Å². The van der Waals surface area contributed by atoms with E-state index in [1.807, 2.05) is 13.0 Å². The lowest BCUT2D eigenvalue weighted by atomic mass is 9.99. The molecule has 0 bridgehead atoms. The summed E-state index contributed by atoms with van der Waals surface area (Å²) in [6.07, 6.45) is 2.23.